The van der Waals surface area contributed by atoms with Gasteiger partial charge in [0.2, 0.25) is 0 Å². The van der Waals surface area contributed by atoms with Gasteiger partial charge in [-0.1, -0.05) is 30.3 Å². The van der Waals surface area contributed by atoms with Crippen LogP contribution < -0.4 is 5.32 Å². The first-order chi connectivity index (χ1) is 12.9. The van der Waals surface area contributed by atoms with E-state index in [1.165, 1.54) is 0 Å². The number of amides is 1. The standard InChI is InChI=1S/C21H31NO6/c1-20(2,3)27-18(24)16(22-19(25)28-21(4,5)6)12-13-17(23)26-14-15-10-8-7-9-11-15/h7-11,16H,12-14H2,1-6H3,(H,22,25)/t16-/m1/s1. The van der Waals surface area contributed by atoms with Gasteiger partial charge in [-0.2, -0.15) is 0 Å². The zero-order valence-corrected chi connectivity index (χ0v) is 17.5. The summed E-state index contributed by atoms with van der Waals surface area (Å²) in [5, 5.41) is 2.48. The fraction of sp³-hybridized carbons (Fsp3) is 0.571. The molecule has 0 radical (unpaired) electrons. The predicted molar refractivity (Wildman–Crippen MR) is 104 cm³/mol. The monoisotopic (exact) mass is 393 g/mol. The minimum Gasteiger partial charge on any atom is -0.461 e. The Morgan fingerprint density at radius 1 is 0.929 bits per heavy atom. The summed E-state index contributed by atoms with van der Waals surface area (Å²) in [5.41, 5.74) is -0.568. The summed E-state index contributed by atoms with van der Waals surface area (Å²) in [4.78, 5) is 36.5. The van der Waals surface area contributed by atoms with Gasteiger partial charge in [-0.3, -0.25) is 4.79 Å². The van der Waals surface area contributed by atoms with E-state index in [2.05, 4.69) is 5.32 Å². The van der Waals surface area contributed by atoms with Gasteiger partial charge in [0.05, 0.1) is 0 Å². The molecule has 0 heterocycles. The van der Waals surface area contributed by atoms with Gasteiger partial charge in [-0.05, 0) is 53.5 Å². The van der Waals surface area contributed by atoms with Crippen molar-refractivity contribution in [2.75, 3.05) is 0 Å². The lowest BCUT2D eigenvalue weighted by Gasteiger charge is -2.26. The van der Waals surface area contributed by atoms with Crippen LogP contribution in [0.1, 0.15) is 59.9 Å². The molecule has 0 bridgehead atoms. The third kappa shape index (κ3) is 10.5. The van der Waals surface area contributed by atoms with Crippen LogP contribution in [0.5, 0.6) is 0 Å². The molecule has 0 saturated heterocycles. The molecule has 1 aromatic rings. The molecule has 28 heavy (non-hydrogen) atoms. The van der Waals surface area contributed by atoms with Crippen molar-refractivity contribution in [1.29, 1.82) is 0 Å². The molecule has 0 aliphatic heterocycles. The topological polar surface area (TPSA) is 90.9 Å². The van der Waals surface area contributed by atoms with Crippen LogP contribution in [0.4, 0.5) is 4.79 Å². The second kappa shape index (κ2) is 10.1. The number of hydrogen-bond donors (Lipinski definition) is 1. The molecule has 1 rings (SSSR count). The lowest BCUT2D eigenvalue weighted by Crippen LogP contribution is -2.46. The van der Waals surface area contributed by atoms with Crippen LogP contribution in [0.3, 0.4) is 0 Å². The molecule has 7 heteroatoms. The van der Waals surface area contributed by atoms with Crippen molar-refractivity contribution in [3.05, 3.63) is 35.9 Å². The van der Waals surface area contributed by atoms with Crippen LogP contribution in [0.2, 0.25) is 0 Å². The molecule has 0 unspecified atom stereocenters. The largest absolute Gasteiger partial charge is 0.461 e. The van der Waals surface area contributed by atoms with Crippen LogP contribution in [0.25, 0.3) is 0 Å². The molecule has 0 aromatic heterocycles. The number of esters is 2. The highest BCUT2D eigenvalue weighted by molar-refractivity contribution is 5.82. The highest BCUT2D eigenvalue weighted by Crippen LogP contribution is 2.13. The number of ether oxygens (including phenoxy) is 3. The van der Waals surface area contributed by atoms with Crippen LogP contribution in [0.15, 0.2) is 30.3 Å². The molecule has 0 aliphatic carbocycles. The summed E-state index contributed by atoms with van der Waals surface area (Å²) in [6.07, 6.45) is -0.755. The average molecular weight is 393 g/mol. The van der Waals surface area contributed by atoms with Crippen LogP contribution in [0, 0.1) is 0 Å². The van der Waals surface area contributed by atoms with Crippen molar-refractivity contribution in [2.45, 2.75) is 78.2 Å². The third-order valence-corrected chi connectivity index (χ3v) is 3.26. The number of carbonyl (C=O) groups is 3. The Kier molecular flexibility index (Phi) is 8.47. The molecule has 0 spiro atoms. The first-order valence-corrected chi connectivity index (χ1v) is 9.28. The number of carbonyl (C=O) groups excluding carboxylic acids is 3. The predicted octanol–water partition coefficient (Wildman–Crippen LogP) is 3.75. The van der Waals surface area contributed by atoms with Crippen molar-refractivity contribution in [3.63, 3.8) is 0 Å². The smallest absolute Gasteiger partial charge is 0.408 e. The van der Waals surface area contributed by atoms with Crippen molar-refractivity contribution >= 4 is 18.0 Å². The lowest BCUT2D eigenvalue weighted by atomic mass is 10.1. The highest BCUT2D eigenvalue weighted by atomic mass is 16.6. The summed E-state index contributed by atoms with van der Waals surface area (Å²) < 4.78 is 15.7. The molecule has 0 fully saturated rings. The summed E-state index contributed by atoms with van der Waals surface area (Å²) >= 11 is 0. The van der Waals surface area contributed by atoms with Crippen LogP contribution in [-0.4, -0.2) is 35.3 Å². The fourth-order valence-corrected chi connectivity index (χ4v) is 2.14. The van der Waals surface area contributed by atoms with Gasteiger partial charge in [0.15, 0.2) is 0 Å². The van der Waals surface area contributed by atoms with Gasteiger partial charge < -0.3 is 19.5 Å². The number of alkyl carbamates (subject to hydrolysis) is 1. The summed E-state index contributed by atoms with van der Waals surface area (Å²) in [5.74, 6) is -1.10. The Morgan fingerprint density at radius 2 is 1.50 bits per heavy atom. The maximum atomic E-state index is 12.4. The molecule has 156 valence electrons. The minimum absolute atomic E-state index is 0.0434. The van der Waals surface area contributed by atoms with E-state index in [9.17, 15) is 14.4 Å². The van der Waals surface area contributed by atoms with Crippen molar-refractivity contribution < 1.29 is 28.6 Å². The van der Waals surface area contributed by atoms with E-state index < -0.39 is 35.3 Å². The molecule has 1 aromatic carbocycles. The summed E-state index contributed by atoms with van der Waals surface area (Å²) in [6.45, 7) is 10.5. The van der Waals surface area contributed by atoms with E-state index in [4.69, 9.17) is 14.2 Å². The van der Waals surface area contributed by atoms with E-state index in [0.717, 1.165) is 5.56 Å². The Hall–Kier alpha value is -2.57. The fourth-order valence-electron chi connectivity index (χ4n) is 2.14. The quantitative estimate of drug-likeness (QED) is 0.560. The van der Waals surface area contributed by atoms with E-state index in [0.29, 0.717) is 0 Å². The van der Waals surface area contributed by atoms with Gasteiger partial charge >= 0.3 is 18.0 Å². The molecule has 1 N–H and O–H groups in total. The molecular weight excluding hydrogens is 362 g/mol. The van der Waals surface area contributed by atoms with E-state index in [1.807, 2.05) is 30.3 Å². The normalized spacial score (nSPS) is 12.6. The third-order valence-electron chi connectivity index (χ3n) is 3.26. The summed E-state index contributed by atoms with van der Waals surface area (Å²) in [7, 11) is 0. The van der Waals surface area contributed by atoms with Crippen molar-refractivity contribution in [1.82, 2.24) is 5.32 Å². The molecular formula is C21H31NO6. The van der Waals surface area contributed by atoms with E-state index in [-0.39, 0.29) is 19.4 Å². The minimum atomic E-state index is -1.02. The first kappa shape index (κ1) is 23.5. The zero-order valence-electron chi connectivity index (χ0n) is 17.5. The summed E-state index contributed by atoms with van der Waals surface area (Å²) in [6, 6.07) is 8.26. The Labute approximate surface area is 166 Å². The van der Waals surface area contributed by atoms with Crippen molar-refractivity contribution in [3.8, 4) is 0 Å². The number of rotatable bonds is 7. The highest BCUT2D eigenvalue weighted by Gasteiger charge is 2.29. The Morgan fingerprint density at radius 3 is 2.04 bits per heavy atom. The van der Waals surface area contributed by atoms with Crippen molar-refractivity contribution in [2.24, 2.45) is 0 Å². The molecule has 7 nitrogen and oxygen atoms in total. The lowest BCUT2D eigenvalue weighted by molar-refractivity contribution is -0.158. The van der Waals surface area contributed by atoms with E-state index >= 15 is 0 Å². The number of benzene rings is 1. The van der Waals surface area contributed by atoms with Gasteiger partial charge in [0, 0.05) is 6.42 Å². The first-order valence-electron chi connectivity index (χ1n) is 9.28. The average Bonchev–Trinajstić information content (AvgIpc) is 2.54. The molecule has 0 aliphatic rings. The van der Waals surface area contributed by atoms with E-state index in [1.54, 1.807) is 41.5 Å². The van der Waals surface area contributed by atoms with Crippen LogP contribution >= 0.6 is 0 Å². The van der Waals surface area contributed by atoms with Gasteiger partial charge in [0.1, 0.15) is 23.9 Å². The Bertz CT molecular complexity index is 658. The molecule has 1 atom stereocenters. The number of nitrogens with one attached hydrogen (secondary N) is 1. The second-order valence-corrected chi connectivity index (χ2v) is 8.42. The maximum absolute atomic E-state index is 12.4. The van der Waals surface area contributed by atoms with Crippen LogP contribution in [-0.2, 0) is 30.4 Å². The molecule has 0 saturated carbocycles. The zero-order chi connectivity index (χ0) is 21.4. The maximum Gasteiger partial charge on any atom is 0.408 e. The molecule has 1 amide bonds. The van der Waals surface area contributed by atoms with Gasteiger partial charge in [-0.25, -0.2) is 9.59 Å². The van der Waals surface area contributed by atoms with Gasteiger partial charge in [-0.15, -0.1) is 0 Å². The van der Waals surface area contributed by atoms with Gasteiger partial charge in [0.25, 0.3) is 0 Å². The number of hydrogen-bond acceptors (Lipinski definition) is 6. The Balaban J connectivity index is 2.63. The SMILES string of the molecule is CC(C)(C)OC(=O)N[C@H](CCC(=O)OCc1ccccc1)C(=O)OC(C)(C)C. The second-order valence-electron chi connectivity index (χ2n) is 8.42.